The van der Waals surface area contributed by atoms with E-state index in [1.54, 1.807) is 51.1 Å². The van der Waals surface area contributed by atoms with Crippen molar-refractivity contribution in [2.75, 3.05) is 31.9 Å². The summed E-state index contributed by atoms with van der Waals surface area (Å²) < 4.78 is 49.8. The van der Waals surface area contributed by atoms with E-state index in [0.717, 1.165) is 6.07 Å². The van der Waals surface area contributed by atoms with E-state index >= 15 is 0 Å². The van der Waals surface area contributed by atoms with E-state index < -0.39 is 57.1 Å². The molecule has 15 nitrogen and oxygen atoms in total. The quantitative estimate of drug-likeness (QED) is 0.0486. The lowest BCUT2D eigenvalue weighted by molar-refractivity contribution is -0.160. The standard InChI is InChI=1S/C35H41Cl2N3O12S/c1-22(31(42)23-9-5-10-24(36)17-23)40(35(2,3)4)34(45)52-21-51-33(44)29(41)12-7-13-48-14-8-16-50-32(43)26-18-30(53(38,46)47)27(37)19-28(26)39-20-25-11-6-15-49-25/h5-6,9-11,15,17-19,22,39H,7-8,12-14,16,20-21H2,1-4H3,(H2,38,46,47). The number of ether oxygens (including phenoxy) is 4. The van der Waals surface area contributed by atoms with Gasteiger partial charge in [-0.2, -0.15) is 0 Å². The number of hydrogen-bond donors (Lipinski definition) is 2. The number of benzene rings is 2. The largest absolute Gasteiger partial charge is 0.467 e. The van der Waals surface area contributed by atoms with Crippen molar-refractivity contribution in [2.45, 2.75) is 70.0 Å². The lowest BCUT2D eigenvalue weighted by Crippen LogP contribution is -2.53. The molecular weight excluding hydrogens is 757 g/mol. The van der Waals surface area contributed by atoms with Gasteiger partial charge in [-0.05, 0) is 70.5 Å². The minimum Gasteiger partial charge on any atom is -0.467 e. The van der Waals surface area contributed by atoms with E-state index in [0.29, 0.717) is 16.3 Å². The number of anilines is 1. The normalized spacial score (nSPS) is 12.1. The van der Waals surface area contributed by atoms with Gasteiger partial charge in [0.2, 0.25) is 22.6 Å². The number of ketones is 2. The van der Waals surface area contributed by atoms with Crippen LogP contribution < -0.4 is 10.5 Å². The van der Waals surface area contributed by atoms with Crippen molar-refractivity contribution in [1.82, 2.24) is 4.90 Å². The third-order valence-electron chi connectivity index (χ3n) is 7.39. The first-order valence-electron chi connectivity index (χ1n) is 16.2. The van der Waals surface area contributed by atoms with Crippen molar-refractivity contribution in [2.24, 2.45) is 5.14 Å². The fraction of sp³-hybridized carbons (Fsp3) is 0.400. The monoisotopic (exact) mass is 797 g/mol. The number of sulfonamides is 1. The summed E-state index contributed by atoms with van der Waals surface area (Å²) in [6.45, 7) is 6.11. The Morgan fingerprint density at radius 1 is 0.943 bits per heavy atom. The fourth-order valence-electron chi connectivity index (χ4n) is 4.92. The Hall–Kier alpha value is -4.48. The van der Waals surface area contributed by atoms with Crippen molar-refractivity contribution in [3.63, 3.8) is 0 Å². The molecule has 3 aromatic rings. The molecule has 0 bridgehead atoms. The van der Waals surface area contributed by atoms with Crippen LogP contribution in [0.25, 0.3) is 0 Å². The Balaban J connectivity index is 1.38. The number of nitrogens with zero attached hydrogens (tertiary/aromatic N) is 1. The van der Waals surface area contributed by atoms with Gasteiger partial charge in [0, 0.05) is 42.2 Å². The summed E-state index contributed by atoms with van der Waals surface area (Å²) >= 11 is 12.1. The molecule has 0 spiro atoms. The smallest absolute Gasteiger partial charge is 0.413 e. The SMILES string of the molecule is CC(C(=O)c1cccc(Cl)c1)N(C(=O)OCOC(=O)C(=O)CCCOCCCOC(=O)c1cc(S(N)(=O)=O)c(Cl)cc1NCc1ccco1)C(C)(C)C. The number of halogens is 2. The summed E-state index contributed by atoms with van der Waals surface area (Å²) in [4.78, 5) is 64.0. The minimum absolute atomic E-state index is 0.0893. The van der Waals surface area contributed by atoms with E-state index in [4.69, 9.17) is 51.7 Å². The lowest BCUT2D eigenvalue weighted by Gasteiger charge is -2.38. The Kier molecular flexibility index (Phi) is 15.8. The average Bonchev–Trinajstić information content (AvgIpc) is 3.60. The number of Topliss-reactive ketones (excluding diaryl/α,β-unsaturated/α-hetero) is 2. The van der Waals surface area contributed by atoms with Gasteiger partial charge in [-0.25, -0.2) is 27.9 Å². The number of carbonyl (C=O) groups is 5. The Morgan fingerprint density at radius 3 is 2.30 bits per heavy atom. The Bertz CT molecular complexity index is 1880. The maximum atomic E-state index is 13.1. The molecule has 288 valence electrons. The first kappa shape index (κ1) is 42.9. The van der Waals surface area contributed by atoms with Crippen LogP contribution in [-0.2, 0) is 45.1 Å². The van der Waals surface area contributed by atoms with Gasteiger partial charge in [0.1, 0.15) is 10.7 Å². The molecule has 0 saturated heterocycles. The number of nitrogens with one attached hydrogen (secondary N) is 1. The molecule has 1 atom stereocenters. The van der Waals surface area contributed by atoms with Crippen molar-refractivity contribution in [3.8, 4) is 0 Å². The van der Waals surface area contributed by atoms with Crippen molar-refractivity contribution >= 4 is 68.5 Å². The van der Waals surface area contributed by atoms with Crippen molar-refractivity contribution in [1.29, 1.82) is 0 Å². The Morgan fingerprint density at radius 2 is 1.66 bits per heavy atom. The summed E-state index contributed by atoms with van der Waals surface area (Å²) in [5, 5.41) is 8.37. The molecule has 18 heteroatoms. The predicted molar refractivity (Wildman–Crippen MR) is 193 cm³/mol. The molecule has 1 amide bonds. The third-order valence-corrected chi connectivity index (χ3v) is 9.00. The molecule has 2 aromatic carbocycles. The zero-order chi connectivity index (χ0) is 39.3. The first-order valence-corrected chi connectivity index (χ1v) is 18.5. The highest BCUT2D eigenvalue weighted by molar-refractivity contribution is 7.89. The van der Waals surface area contributed by atoms with Gasteiger partial charge in [0.05, 0.1) is 41.7 Å². The van der Waals surface area contributed by atoms with Crippen LogP contribution in [0.2, 0.25) is 10.0 Å². The molecule has 0 saturated carbocycles. The fourth-order valence-corrected chi connectivity index (χ4v) is 6.21. The molecule has 1 aromatic heterocycles. The summed E-state index contributed by atoms with van der Waals surface area (Å²) in [5.74, 6) is -2.74. The number of esters is 2. The number of furan rings is 1. The van der Waals surface area contributed by atoms with Gasteiger partial charge < -0.3 is 28.7 Å². The average molecular weight is 799 g/mol. The summed E-state index contributed by atoms with van der Waals surface area (Å²) in [6, 6.07) is 11.0. The number of nitrogens with two attached hydrogens (primary N) is 1. The van der Waals surface area contributed by atoms with Gasteiger partial charge >= 0.3 is 18.0 Å². The number of rotatable bonds is 19. The third kappa shape index (κ3) is 13.2. The maximum Gasteiger partial charge on any atom is 0.413 e. The molecule has 1 unspecified atom stereocenters. The topological polar surface area (TPSA) is 211 Å². The van der Waals surface area contributed by atoms with Crippen molar-refractivity contribution in [3.05, 3.63) is 81.7 Å². The van der Waals surface area contributed by atoms with E-state index in [2.05, 4.69) is 5.32 Å². The molecule has 0 radical (unpaired) electrons. The predicted octanol–water partition coefficient (Wildman–Crippen LogP) is 5.77. The van der Waals surface area contributed by atoms with Crippen LogP contribution in [0.1, 0.15) is 73.4 Å². The van der Waals surface area contributed by atoms with Crippen LogP contribution in [-0.4, -0.2) is 81.1 Å². The van der Waals surface area contributed by atoms with Crippen molar-refractivity contribution < 1.29 is 55.8 Å². The molecule has 3 rings (SSSR count). The van der Waals surface area contributed by atoms with Gasteiger partial charge in [-0.1, -0.05) is 35.3 Å². The van der Waals surface area contributed by atoms with Crippen LogP contribution in [0.5, 0.6) is 0 Å². The van der Waals surface area contributed by atoms with Gasteiger partial charge in [-0.15, -0.1) is 0 Å². The number of carbonyl (C=O) groups excluding carboxylic acids is 5. The zero-order valence-electron chi connectivity index (χ0n) is 29.5. The minimum atomic E-state index is -4.24. The highest BCUT2D eigenvalue weighted by Crippen LogP contribution is 2.29. The highest BCUT2D eigenvalue weighted by Gasteiger charge is 2.36. The number of hydrogen-bond acceptors (Lipinski definition) is 13. The van der Waals surface area contributed by atoms with Gasteiger partial charge in [0.15, 0.2) is 5.78 Å². The van der Waals surface area contributed by atoms with E-state index in [9.17, 15) is 32.4 Å². The van der Waals surface area contributed by atoms with E-state index in [1.165, 1.54) is 30.2 Å². The molecule has 53 heavy (non-hydrogen) atoms. The van der Waals surface area contributed by atoms with Crippen LogP contribution in [0, 0.1) is 0 Å². The summed E-state index contributed by atoms with van der Waals surface area (Å²) in [5.41, 5.74) is -0.469. The number of primary sulfonamides is 1. The molecule has 0 aliphatic carbocycles. The molecule has 0 aliphatic rings. The first-order chi connectivity index (χ1) is 24.9. The lowest BCUT2D eigenvalue weighted by atomic mass is 9.98. The summed E-state index contributed by atoms with van der Waals surface area (Å²) in [7, 11) is -4.24. The van der Waals surface area contributed by atoms with Crippen LogP contribution in [0.4, 0.5) is 10.5 Å². The van der Waals surface area contributed by atoms with E-state index in [1.807, 2.05) is 0 Å². The second kappa shape index (κ2) is 19.6. The van der Waals surface area contributed by atoms with Gasteiger partial charge in [-0.3, -0.25) is 14.5 Å². The maximum absolute atomic E-state index is 13.1. The zero-order valence-corrected chi connectivity index (χ0v) is 31.8. The molecule has 3 N–H and O–H groups in total. The molecule has 1 heterocycles. The second-order valence-corrected chi connectivity index (χ2v) is 14.9. The summed E-state index contributed by atoms with van der Waals surface area (Å²) in [6.07, 6.45) is 0.757. The van der Waals surface area contributed by atoms with Crippen LogP contribution >= 0.6 is 23.2 Å². The second-order valence-electron chi connectivity index (χ2n) is 12.5. The van der Waals surface area contributed by atoms with Crippen LogP contribution in [0.15, 0.2) is 64.1 Å². The highest BCUT2D eigenvalue weighted by atomic mass is 35.5. The van der Waals surface area contributed by atoms with E-state index in [-0.39, 0.29) is 67.7 Å². The van der Waals surface area contributed by atoms with Crippen LogP contribution in [0.3, 0.4) is 0 Å². The van der Waals surface area contributed by atoms with Gasteiger partial charge in [0.25, 0.3) is 0 Å². The molecule has 0 fully saturated rings. The molecular formula is C35H41Cl2N3O12S. The number of amides is 1. The Labute approximate surface area is 317 Å². The molecule has 0 aliphatic heterocycles.